The molecule has 28 heavy (non-hydrogen) atoms. The minimum atomic E-state index is -0.405. The van der Waals surface area contributed by atoms with E-state index in [0.29, 0.717) is 5.56 Å². The van der Waals surface area contributed by atoms with Crippen LogP contribution in [0.4, 0.5) is 0 Å². The molecule has 3 aromatic carbocycles. The van der Waals surface area contributed by atoms with Crippen LogP contribution < -0.4 is 5.43 Å². The number of benzene rings is 3. The average molecular weight is 391 g/mol. The van der Waals surface area contributed by atoms with E-state index in [2.05, 4.69) is 34.8 Å². The normalized spacial score (nSPS) is 11.2. The lowest BCUT2D eigenvalue weighted by Crippen LogP contribution is -2.17. The van der Waals surface area contributed by atoms with Crippen molar-refractivity contribution in [3.8, 4) is 5.75 Å². The summed E-state index contributed by atoms with van der Waals surface area (Å²) in [6.45, 7) is 0. The zero-order valence-electron chi connectivity index (χ0n) is 15.0. The second kappa shape index (κ2) is 9.53. The first-order chi connectivity index (χ1) is 13.6. The standard InChI is InChI=1S/C23H19ClN2O2/c24-21-15-20(12-13-22(21)27)23(28)26-25-16-19-11-5-10-18(14-19)9-4-8-17-6-2-1-3-7-17/h1-7,9-16,27H,8H2,(H,26,28)/b9-4+,25-16+. The molecular weight excluding hydrogens is 372 g/mol. The third-order valence-corrected chi connectivity index (χ3v) is 4.31. The van der Waals surface area contributed by atoms with Crippen LogP contribution in [0.25, 0.3) is 6.08 Å². The number of carbonyl (C=O) groups excluding carboxylic acids is 1. The lowest BCUT2D eigenvalue weighted by molar-refractivity contribution is 0.0955. The first-order valence-corrected chi connectivity index (χ1v) is 9.12. The zero-order valence-corrected chi connectivity index (χ0v) is 15.8. The number of allylic oxidation sites excluding steroid dienone is 1. The Morgan fingerprint density at radius 1 is 1.00 bits per heavy atom. The number of phenolic OH excluding ortho intramolecular Hbond substituents is 1. The number of nitrogens with one attached hydrogen (secondary N) is 1. The van der Waals surface area contributed by atoms with Gasteiger partial charge >= 0.3 is 0 Å². The Morgan fingerprint density at radius 3 is 2.57 bits per heavy atom. The molecule has 3 aromatic rings. The summed E-state index contributed by atoms with van der Waals surface area (Å²) in [6, 6.07) is 22.3. The Bertz CT molecular complexity index is 1010. The summed E-state index contributed by atoms with van der Waals surface area (Å²) in [5.74, 6) is -0.476. The Balaban J connectivity index is 1.59. The summed E-state index contributed by atoms with van der Waals surface area (Å²) < 4.78 is 0. The summed E-state index contributed by atoms with van der Waals surface area (Å²) in [7, 11) is 0. The van der Waals surface area contributed by atoms with Gasteiger partial charge in [-0.25, -0.2) is 5.43 Å². The summed E-state index contributed by atoms with van der Waals surface area (Å²) in [6.07, 6.45) is 6.61. The Kier molecular flexibility index (Phi) is 6.60. The van der Waals surface area contributed by atoms with E-state index in [0.717, 1.165) is 17.5 Å². The number of nitrogens with zero attached hydrogens (tertiary/aromatic N) is 1. The number of aromatic hydroxyl groups is 1. The van der Waals surface area contributed by atoms with Gasteiger partial charge in [-0.3, -0.25) is 4.79 Å². The lowest BCUT2D eigenvalue weighted by atomic mass is 10.1. The molecule has 0 atom stereocenters. The molecule has 4 nitrogen and oxygen atoms in total. The molecule has 0 bridgehead atoms. The molecule has 5 heteroatoms. The SMILES string of the molecule is O=C(N/N=C/c1cccc(/C=C/Cc2ccccc2)c1)c1ccc(O)c(Cl)c1. The number of halogens is 1. The molecule has 3 rings (SSSR count). The third kappa shape index (κ3) is 5.56. The maximum atomic E-state index is 12.1. The largest absolute Gasteiger partial charge is 0.506 e. The molecular formula is C23H19ClN2O2. The van der Waals surface area contributed by atoms with Gasteiger partial charge in [0.2, 0.25) is 0 Å². The number of amides is 1. The van der Waals surface area contributed by atoms with Gasteiger partial charge in [-0.2, -0.15) is 5.10 Å². The van der Waals surface area contributed by atoms with Crippen LogP contribution in [0.1, 0.15) is 27.0 Å². The molecule has 140 valence electrons. The van der Waals surface area contributed by atoms with Gasteiger partial charge < -0.3 is 5.11 Å². The van der Waals surface area contributed by atoms with Crippen LogP contribution in [0.2, 0.25) is 5.02 Å². The van der Waals surface area contributed by atoms with Crippen molar-refractivity contribution < 1.29 is 9.90 Å². The highest BCUT2D eigenvalue weighted by Gasteiger charge is 2.07. The Hall–Kier alpha value is -3.37. The second-order valence-corrected chi connectivity index (χ2v) is 6.53. The Morgan fingerprint density at radius 2 is 1.79 bits per heavy atom. The first kappa shape index (κ1) is 19.4. The molecule has 2 N–H and O–H groups in total. The zero-order chi connectivity index (χ0) is 19.8. The molecule has 0 saturated heterocycles. The highest BCUT2D eigenvalue weighted by atomic mass is 35.5. The minimum Gasteiger partial charge on any atom is -0.506 e. The number of rotatable bonds is 6. The van der Waals surface area contributed by atoms with Crippen LogP contribution in [-0.4, -0.2) is 17.2 Å². The molecule has 0 fully saturated rings. The van der Waals surface area contributed by atoms with Crippen molar-refractivity contribution in [3.63, 3.8) is 0 Å². The quantitative estimate of drug-likeness (QED) is 0.456. The van der Waals surface area contributed by atoms with Gasteiger partial charge in [-0.15, -0.1) is 0 Å². The first-order valence-electron chi connectivity index (χ1n) is 8.74. The van der Waals surface area contributed by atoms with E-state index in [1.807, 2.05) is 42.5 Å². The van der Waals surface area contributed by atoms with Crippen molar-refractivity contribution >= 4 is 29.8 Å². The summed E-state index contributed by atoms with van der Waals surface area (Å²) in [5, 5.41) is 13.5. The number of hydrogen-bond acceptors (Lipinski definition) is 3. The van der Waals surface area contributed by atoms with E-state index < -0.39 is 5.91 Å². The fraction of sp³-hybridized carbons (Fsp3) is 0.0435. The monoisotopic (exact) mass is 390 g/mol. The van der Waals surface area contributed by atoms with Crippen LogP contribution in [0.3, 0.4) is 0 Å². The van der Waals surface area contributed by atoms with Gasteiger partial charge in [-0.05, 0) is 47.4 Å². The van der Waals surface area contributed by atoms with Gasteiger partial charge in [0, 0.05) is 5.56 Å². The van der Waals surface area contributed by atoms with E-state index in [-0.39, 0.29) is 10.8 Å². The summed E-state index contributed by atoms with van der Waals surface area (Å²) >= 11 is 5.81. The molecule has 0 heterocycles. The van der Waals surface area contributed by atoms with Crippen LogP contribution in [-0.2, 0) is 6.42 Å². The van der Waals surface area contributed by atoms with Crippen LogP contribution in [0.15, 0.2) is 84.0 Å². The Labute approximate surface area is 168 Å². The second-order valence-electron chi connectivity index (χ2n) is 6.13. The van der Waals surface area contributed by atoms with Crippen molar-refractivity contribution in [3.05, 3.63) is 106 Å². The molecule has 0 aliphatic carbocycles. The van der Waals surface area contributed by atoms with Gasteiger partial charge in [-0.1, -0.05) is 72.3 Å². The molecule has 0 spiro atoms. The highest BCUT2D eigenvalue weighted by molar-refractivity contribution is 6.32. The van der Waals surface area contributed by atoms with E-state index in [1.54, 1.807) is 6.21 Å². The molecule has 0 aliphatic heterocycles. The van der Waals surface area contributed by atoms with Crippen LogP contribution in [0.5, 0.6) is 5.75 Å². The lowest BCUT2D eigenvalue weighted by Gasteiger charge is -2.02. The van der Waals surface area contributed by atoms with E-state index in [4.69, 9.17) is 11.6 Å². The molecule has 1 amide bonds. The number of hydrogen-bond donors (Lipinski definition) is 2. The van der Waals surface area contributed by atoms with Crippen molar-refractivity contribution in [1.82, 2.24) is 5.43 Å². The fourth-order valence-electron chi connectivity index (χ4n) is 2.57. The smallest absolute Gasteiger partial charge is 0.271 e. The number of carbonyl (C=O) groups is 1. The van der Waals surface area contributed by atoms with Gasteiger partial charge in [0.25, 0.3) is 5.91 Å². The summed E-state index contributed by atoms with van der Waals surface area (Å²) in [4.78, 5) is 12.1. The molecule has 0 unspecified atom stereocenters. The van der Waals surface area contributed by atoms with Crippen molar-refractivity contribution in [2.45, 2.75) is 6.42 Å². The van der Waals surface area contributed by atoms with Crippen LogP contribution >= 0.6 is 11.6 Å². The van der Waals surface area contributed by atoms with Crippen molar-refractivity contribution in [1.29, 1.82) is 0 Å². The van der Waals surface area contributed by atoms with Crippen LogP contribution in [0, 0.1) is 0 Å². The molecule has 0 aromatic heterocycles. The number of phenols is 1. The predicted octanol–water partition coefficient (Wildman–Crippen LogP) is 5.07. The van der Waals surface area contributed by atoms with Gasteiger partial charge in [0.1, 0.15) is 5.75 Å². The van der Waals surface area contributed by atoms with E-state index in [1.165, 1.54) is 23.8 Å². The van der Waals surface area contributed by atoms with Crippen molar-refractivity contribution in [2.75, 3.05) is 0 Å². The van der Waals surface area contributed by atoms with E-state index >= 15 is 0 Å². The predicted molar refractivity (Wildman–Crippen MR) is 114 cm³/mol. The average Bonchev–Trinajstić information content (AvgIpc) is 2.71. The summed E-state index contributed by atoms with van der Waals surface area (Å²) in [5.41, 5.74) is 5.94. The van der Waals surface area contributed by atoms with Gasteiger partial charge in [0.15, 0.2) is 0 Å². The van der Waals surface area contributed by atoms with Crippen molar-refractivity contribution in [2.24, 2.45) is 5.10 Å². The topological polar surface area (TPSA) is 61.7 Å². The molecule has 0 radical (unpaired) electrons. The van der Waals surface area contributed by atoms with E-state index in [9.17, 15) is 9.90 Å². The number of hydrazone groups is 1. The third-order valence-electron chi connectivity index (χ3n) is 4.01. The minimum absolute atomic E-state index is 0.0705. The van der Waals surface area contributed by atoms with Gasteiger partial charge in [0.05, 0.1) is 11.2 Å². The molecule has 0 saturated carbocycles. The highest BCUT2D eigenvalue weighted by Crippen LogP contribution is 2.23. The maximum absolute atomic E-state index is 12.1. The molecule has 0 aliphatic rings. The maximum Gasteiger partial charge on any atom is 0.271 e. The fourth-order valence-corrected chi connectivity index (χ4v) is 2.75.